The van der Waals surface area contributed by atoms with E-state index in [-0.39, 0.29) is 6.10 Å². The summed E-state index contributed by atoms with van der Waals surface area (Å²) >= 11 is 0. The van der Waals surface area contributed by atoms with Gasteiger partial charge >= 0.3 is 0 Å². The van der Waals surface area contributed by atoms with Crippen molar-refractivity contribution >= 4 is 0 Å². The Morgan fingerprint density at radius 2 is 2.37 bits per heavy atom. The number of benzene rings is 1. The molecule has 19 heavy (non-hydrogen) atoms. The molecule has 0 spiro atoms. The highest BCUT2D eigenvalue weighted by atomic mass is 16.5. The first-order chi connectivity index (χ1) is 9.26. The van der Waals surface area contributed by atoms with E-state index in [1.54, 1.807) is 0 Å². The highest BCUT2D eigenvalue weighted by Gasteiger charge is 2.20. The summed E-state index contributed by atoms with van der Waals surface area (Å²) in [7, 11) is 0. The van der Waals surface area contributed by atoms with Crippen LogP contribution < -0.4 is 4.74 Å². The van der Waals surface area contributed by atoms with Crippen LogP contribution in [0.2, 0.25) is 0 Å². The predicted molar refractivity (Wildman–Crippen MR) is 67.7 cm³/mol. The first kappa shape index (κ1) is 12.2. The van der Waals surface area contributed by atoms with Crippen molar-refractivity contribution in [2.24, 2.45) is 0 Å². The zero-order chi connectivity index (χ0) is 13.2. The molecule has 0 amide bonds. The molecule has 0 unspecified atom stereocenters. The maximum Gasteiger partial charge on any atom is 0.226 e. The molecule has 3 rings (SSSR count). The third-order valence-electron chi connectivity index (χ3n) is 3.34. The lowest BCUT2D eigenvalue weighted by Gasteiger charge is -2.07. The van der Waals surface area contributed by atoms with Gasteiger partial charge in [0.1, 0.15) is 5.75 Å². The second kappa shape index (κ2) is 5.01. The van der Waals surface area contributed by atoms with E-state index in [4.69, 9.17) is 9.26 Å². The van der Waals surface area contributed by atoms with Crippen LogP contribution in [0, 0.1) is 0 Å². The van der Waals surface area contributed by atoms with Gasteiger partial charge in [-0.15, -0.1) is 0 Å². The molecule has 1 heterocycles. The van der Waals surface area contributed by atoms with Gasteiger partial charge in [-0.25, -0.2) is 0 Å². The fourth-order valence-corrected chi connectivity index (χ4v) is 2.30. The average molecular weight is 260 g/mol. The number of aliphatic hydroxyl groups excluding tert-OH is 1. The second-order valence-electron chi connectivity index (χ2n) is 4.66. The number of aromatic nitrogens is 2. The zero-order valence-electron chi connectivity index (χ0n) is 10.8. The molecule has 0 saturated carbocycles. The molecule has 1 aromatic carbocycles. The molecule has 2 aromatic rings. The lowest BCUT2D eigenvalue weighted by Crippen LogP contribution is -1.98. The summed E-state index contributed by atoms with van der Waals surface area (Å²) in [6, 6.07) is 5.77. The molecule has 0 fully saturated rings. The van der Waals surface area contributed by atoms with E-state index in [0.717, 1.165) is 36.1 Å². The Morgan fingerprint density at radius 3 is 3.16 bits per heavy atom. The molecule has 0 aliphatic heterocycles. The number of aryl methyl sites for hydroxylation is 2. The molecule has 1 aliphatic carbocycles. The van der Waals surface area contributed by atoms with Crippen LogP contribution in [0.1, 0.15) is 42.3 Å². The molecular formula is C14H16N2O3. The Hall–Kier alpha value is -1.88. The number of nitrogens with zero attached hydrogens (tertiary/aromatic N) is 2. The molecule has 100 valence electrons. The van der Waals surface area contributed by atoms with Crippen LogP contribution in [-0.2, 0) is 19.4 Å². The molecule has 1 atom stereocenters. The maximum atomic E-state index is 9.74. The van der Waals surface area contributed by atoms with E-state index >= 15 is 0 Å². The van der Waals surface area contributed by atoms with Gasteiger partial charge < -0.3 is 14.4 Å². The Labute approximate surface area is 111 Å². The van der Waals surface area contributed by atoms with Gasteiger partial charge in [0.25, 0.3) is 0 Å². The zero-order valence-corrected chi connectivity index (χ0v) is 10.8. The van der Waals surface area contributed by atoms with Crippen molar-refractivity contribution < 1.29 is 14.4 Å². The third-order valence-corrected chi connectivity index (χ3v) is 3.34. The van der Waals surface area contributed by atoms with Crippen LogP contribution in [0.4, 0.5) is 0 Å². The topological polar surface area (TPSA) is 68.4 Å². The predicted octanol–water partition coefficient (Wildman–Crippen LogP) is 2.19. The van der Waals surface area contributed by atoms with Gasteiger partial charge in [0.2, 0.25) is 11.7 Å². The van der Waals surface area contributed by atoms with Crippen LogP contribution >= 0.6 is 0 Å². The van der Waals surface area contributed by atoms with Gasteiger partial charge in [-0.2, -0.15) is 4.98 Å². The standard InChI is InChI=1S/C14H16N2O3/c1-2-14-15-13(16-19-14)8-18-10-4-5-11-9(7-10)3-6-12(11)17/h4-5,7,12,17H,2-3,6,8H2,1H3/t12-/m1/s1. The van der Waals surface area contributed by atoms with Crippen LogP contribution in [0.5, 0.6) is 5.75 Å². The van der Waals surface area contributed by atoms with Gasteiger partial charge in [0.15, 0.2) is 6.61 Å². The van der Waals surface area contributed by atoms with E-state index in [9.17, 15) is 5.11 Å². The summed E-state index contributed by atoms with van der Waals surface area (Å²) in [4.78, 5) is 4.19. The molecule has 0 bridgehead atoms. The Kier molecular flexibility index (Phi) is 3.21. The molecule has 5 heteroatoms. The number of aliphatic hydroxyl groups is 1. The minimum Gasteiger partial charge on any atom is -0.485 e. The minimum absolute atomic E-state index is 0.296. The fraction of sp³-hybridized carbons (Fsp3) is 0.429. The van der Waals surface area contributed by atoms with E-state index < -0.39 is 0 Å². The van der Waals surface area contributed by atoms with Gasteiger partial charge in [0, 0.05) is 6.42 Å². The van der Waals surface area contributed by atoms with E-state index in [0.29, 0.717) is 18.3 Å². The summed E-state index contributed by atoms with van der Waals surface area (Å²) in [5.74, 6) is 1.95. The summed E-state index contributed by atoms with van der Waals surface area (Å²) in [6.45, 7) is 2.26. The number of hydrogen-bond acceptors (Lipinski definition) is 5. The average Bonchev–Trinajstić information content (AvgIpc) is 3.03. The van der Waals surface area contributed by atoms with Crippen molar-refractivity contribution in [3.63, 3.8) is 0 Å². The van der Waals surface area contributed by atoms with Crippen molar-refractivity contribution in [1.29, 1.82) is 0 Å². The monoisotopic (exact) mass is 260 g/mol. The Morgan fingerprint density at radius 1 is 1.47 bits per heavy atom. The van der Waals surface area contributed by atoms with Crippen LogP contribution in [-0.4, -0.2) is 15.2 Å². The fourth-order valence-electron chi connectivity index (χ4n) is 2.30. The van der Waals surface area contributed by atoms with Crippen molar-refractivity contribution in [3.05, 3.63) is 41.0 Å². The van der Waals surface area contributed by atoms with Gasteiger partial charge in [-0.1, -0.05) is 18.1 Å². The van der Waals surface area contributed by atoms with E-state index in [1.807, 2.05) is 25.1 Å². The SMILES string of the molecule is CCc1nc(COc2ccc3c(c2)CC[C@H]3O)no1. The number of rotatable bonds is 4. The molecule has 1 N–H and O–H groups in total. The van der Waals surface area contributed by atoms with Crippen molar-refractivity contribution in [2.45, 2.75) is 38.9 Å². The first-order valence-electron chi connectivity index (χ1n) is 6.51. The smallest absolute Gasteiger partial charge is 0.226 e. The quantitative estimate of drug-likeness (QED) is 0.912. The number of hydrogen-bond donors (Lipinski definition) is 1. The normalized spacial score (nSPS) is 17.5. The maximum absolute atomic E-state index is 9.74. The number of ether oxygens (including phenoxy) is 1. The van der Waals surface area contributed by atoms with Crippen LogP contribution in [0.3, 0.4) is 0 Å². The molecule has 1 aliphatic rings. The molecule has 1 aromatic heterocycles. The summed E-state index contributed by atoms with van der Waals surface area (Å²) in [6.07, 6.45) is 2.09. The van der Waals surface area contributed by atoms with E-state index in [2.05, 4.69) is 10.1 Å². The lowest BCUT2D eigenvalue weighted by atomic mass is 10.1. The Balaban J connectivity index is 1.67. The second-order valence-corrected chi connectivity index (χ2v) is 4.66. The molecular weight excluding hydrogens is 244 g/mol. The third kappa shape index (κ3) is 2.46. The summed E-state index contributed by atoms with van der Waals surface area (Å²) in [5.41, 5.74) is 2.17. The van der Waals surface area contributed by atoms with Gasteiger partial charge in [-0.05, 0) is 36.1 Å². The van der Waals surface area contributed by atoms with Gasteiger partial charge in [0.05, 0.1) is 6.10 Å². The van der Waals surface area contributed by atoms with Crippen molar-refractivity contribution in [2.75, 3.05) is 0 Å². The first-order valence-corrected chi connectivity index (χ1v) is 6.51. The number of fused-ring (bicyclic) bond motifs is 1. The highest BCUT2D eigenvalue weighted by Crippen LogP contribution is 2.33. The lowest BCUT2D eigenvalue weighted by molar-refractivity contribution is 0.180. The summed E-state index contributed by atoms with van der Waals surface area (Å²) < 4.78 is 10.7. The van der Waals surface area contributed by atoms with Gasteiger partial charge in [-0.3, -0.25) is 0 Å². The van der Waals surface area contributed by atoms with Crippen molar-refractivity contribution in [3.8, 4) is 5.75 Å². The molecule has 5 nitrogen and oxygen atoms in total. The largest absolute Gasteiger partial charge is 0.485 e. The molecule has 0 radical (unpaired) electrons. The highest BCUT2D eigenvalue weighted by molar-refractivity contribution is 5.39. The van der Waals surface area contributed by atoms with Crippen LogP contribution in [0.25, 0.3) is 0 Å². The molecule has 0 saturated heterocycles. The minimum atomic E-state index is -0.326. The Bertz CT molecular complexity index is 580. The van der Waals surface area contributed by atoms with Crippen molar-refractivity contribution in [1.82, 2.24) is 10.1 Å². The summed E-state index contributed by atoms with van der Waals surface area (Å²) in [5, 5.41) is 13.6. The van der Waals surface area contributed by atoms with Crippen LogP contribution in [0.15, 0.2) is 22.7 Å². The van der Waals surface area contributed by atoms with E-state index in [1.165, 1.54) is 0 Å².